The number of aromatic nitrogens is 2. The molecule has 3 N–H and O–H groups in total. The van der Waals surface area contributed by atoms with Crippen molar-refractivity contribution in [3.8, 4) is 0 Å². The first-order valence-corrected chi connectivity index (χ1v) is 7.41. The predicted octanol–water partition coefficient (Wildman–Crippen LogP) is 0.969. The van der Waals surface area contributed by atoms with Crippen LogP contribution >= 0.6 is 0 Å². The Labute approximate surface area is 112 Å². The zero-order valence-corrected chi connectivity index (χ0v) is 11.8. The predicted molar refractivity (Wildman–Crippen MR) is 69.0 cm³/mol. The number of carboxylic acid groups (broad SMARTS) is 1. The first-order valence-electron chi connectivity index (χ1n) is 5.93. The largest absolute Gasteiger partial charge is 0.481 e. The van der Waals surface area contributed by atoms with Crippen molar-refractivity contribution < 1.29 is 18.3 Å². The van der Waals surface area contributed by atoms with Gasteiger partial charge in [0.15, 0.2) is 5.03 Å². The Morgan fingerprint density at radius 3 is 2.68 bits per heavy atom. The van der Waals surface area contributed by atoms with Gasteiger partial charge >= 0.3 is 5.97 Å². The van der Waals surface area contributed by atoms with Crippen molar-refractivity contribution in [2.24, 2.45) is 5.41 Å². The maximum Gasteiger partial charge on any atom is 0.303 e. The minimum absolute atomic E-state index is 0.0239. The smallest absolute Gasteiger partial charge is 0.303 e. The molecule has 0 saturated carbocycles. The van der Waals surface area contributed by atoms with Gasteiger partial charge in [-0.15, -0.1) is 0 Å². The molecule has 19 heavy (non-hydrogen) atoms. The first-order chi connectivity index (χ1) is 8.73. The molecule has 1 rings (SSSR count). The third-order valence-electron chi connectivity index (χ3n) is 2.87. The fourth-order valence-corrected chi connectivity index (χ4v) is 2.50. The summed E-state index contributed by atoms with van der Waals surface area (Å²) in [6.07, 6.45) is 3.69. The van der Waals surface area contributed by atoms with E-state index < -0.39 is 16.0 Å². The van der Waals surface area contributed by atoms with Gasteiger partial charge in [-0.25, -0.2) is 18.1 Å². The van der Waals surface area contributed by atoms with Gasteiger partial charge in [0.1, 0.15) is 0 Å². The Hall–Kier alpha value is -1.41. The maximum absolute atomic E-state index is 11.8. The summed E-state index contributed by atoms with van der Waals surface area (Å²) in [5, 5.41) is 8.66. The quantitative estimate of drug-likeness (QED) is 0.660. The highest BCUT2D eigenvalue weighted by Gasteiger charge is 2.21. The zero-order chi connectivity index (χ0) is 14.5. The van der Waals surface area contributed by atoms with Crippen LogP contribution in [0.1, 0.15) is 33.1 Å². The molecular weight excluding hydrogens is 270 g/mol. The van der Waals surface area contributed by atoms with Crippen molar-refractivity contribution in [1.29, 1.82) is 0 Å². The summed E-state index contributed by atoms with van der Waals surface area (Å²) in [6, 6.07) is 0. The second kappa shape index (κ2) is 6.16. The number of hydrogen-bond donors (Lipinski definition) is 3. The minimum atomic E-state index is -3.56. The van der Waals surface area contributed by atoms with Gasteiger partial charge in [-0.2, -0.15) is 0 Å². The fraction of sp³-hybridized carbons (Fsp3) is 0.636. The highest BCUT2D eigenvalue weighted by Crippen LogP contribution is 2.26. The molecule has 0 aliphatic heterocycles. The van der Waals surface area contributed by atoms with Crippen molar-refractivity contribution in [3.05, 3.63) is 12.5 Å². The number of sulfonamides is 1. The number of aliphatic carboxylic acids is 1. The fourth-order valence-electron chi connectivity index (χ4n) is 1.56. The van der Waals surface area contributed by atoms with E-state index in [1.54, 1.807) is 0 Å². The van der Waals surface area contributed by atoms with Crippen LogP contribution in [0.3, 0.4) is 0 Å². The van der Waals surface area contributed by atoms with Crippen molar-refractivity contribution in [1.82, 2.24) is 14.7 Å². The Balaban J connectivity index is 2.43. The Bertz CT molecular complexity index is 508. The number of imidazole rings is 1. The van der Waals surface area contributed by atoms with E-state index in [2.05, 4.69) is 14.7 Å². The van der Waals surface area contributed by atoms with Crippen LogP contribution in [0.2, 0.25) is 0 Å². The molecule has 0 aliphatic carbocycles. The third kappa shape index (κ3) is 5.39. The lowest BCUT2D eigenvalue weighted by Gasteiger charge is -2.23. The number of nitrogens with zero attached hydrogens (tertiary/aromatic N) is 1. The average molecular weight is 289 g/mol. The number of carbonyl (C=O) groups is 1. The minimum Gasteiger partial charge on any atom is -0.481 e. The van der Waals surface area contributed by atoms with E-state index in [-0.39, 0.29) is 23.4 Å². The molecule has 0 amide bonds. The summed E-state index contributed by atoms with van der Waals surface area (Å²) in [7, 11) is -3.56. The summed E-state index contributed by atoms with van der Waals surface area (Å²) >= 11 is 0. The van der Waals surface area contributed by atoms with Gasteiger partial charge in [0.05, 0.1) is 12.5 Å². The van der Waals surface area contributed by atoms with E-state index in [1.165, 1.54) is 12.5 Å². The average Bonchev–Trinajstić information content (AvgIpc) is 2.80. The van der Waals surface area contributed by atoms with Gasteiger partial charge in [-0.1, -0.05) is 13.8 Å². The Morgan fingerprint density at radius 2 is 2.16 bits per heavy atom. The number of nitrogens with one attached hydrogen (secondary N) is 2. The molecular formula is C11H19N3O4S. The van der Waals surface area contributed by atoms with Crippen LogP contribution in [0.15, 0.2) is 17.6 Å². The number of aromatic amines is 1. The molecule has 0 atom stereocenters. The van der Waals surface area contributed by atoms with Gasteiger partial charge in [-0.3, -0.25) is 4.79 Å². The summed E-state index contributed by atoms with van der Waals surface area (Å²) in [5.41, 5.74) is -0.227. The van der Waals surface area contributed by atoms with Crippen molar-refractivity contribution in [2.75, 3.05) is 6.54 Å². The molecule has 0 radical (unpaired) electrons. The molecule has 0 unspecified atom stereocenters. The summed E-state index contributed by atoms with van der Waals surface area (Å²) < 4.78 is 26.0. The first kappa shape index (κ1) is 15.6. The van der Waals surface area contributed by atoms with Gasteiger partial charge in [0.2, 0.25) is 0 Å². The van der Waals surface area contributed by atoms with Crippen molar-refractivity contribution in [3.63, 3.8) is 0 Å². The van der Waals surface area contributed by atoms with Crippen LogP contribution in [0.5, 0.6) is 0 Å². The molecule has 0 spiro atoms. The third-order valence-corrected chi connectivity index (χ3v) is 4.26. The van der Waals surface area contributed by atoms with Gasteiger partial charge in [0.25, 0.3) is 10.0 Å². The normalized spacial score (nSPS) is 12.5. The lowest BCUT2D eigenvalue weighted by atomic mass is 9.84. The van der Waals surface area contributed by atoms with Crippen LogP contribution < -0.4 is 4.72 Å². The Morgan fingerprint density at radius 1 is 1.47 bits per heavy atom. The lowest BCUT2D eigenvalue weighted by Crippen LogP contribution is -2.28. The van der Waals surface area contributed by atoms with Crippen molar-refractivity contribution >= 4 is 16.0 Å². The zero-order valence-electron chi connectivity index (χ0n) is 11.0. The molecule has 7 nitrogen and oxygen atoms in total. The highest BCUT2D eigenvalue weighted by atomic mass is 32.2. The molecule has 0 aromatic carbocycles. The number of hydrogen-bond acceptors (Lipinski definition) is 4. The van der Waals surface area contributed by atoms with Crippen LogP contribution in [0.4, 0.5) is 0 Å². The van der Waals surface area contributed by atoms with Gasteiger partial charge in [0, 0.05) is 13.0 Å². The molecule has 8 heteroatoms. The van der Waals surface area contributed by atoms with Crippen LogP contribution in [-0.4, -0.2) is 36.0 Å². The van der Waals surface area contributed by atoms with Crippen molar-refractivity contribution in [2.45, 2.75) is 38.1 Å². The molecule has 1 heterocycles. The summed E-state index contributed by atoms with van der Waals surface area (Å²) in [6.45, 7) is 4.09. The van der Waals surface area contributed by atoms with Gasteiger partial charge < -0.3 is 10.1 Å². The number of carboxylic acids is 1. The lowest BCUT2D eigenvalue weighted by molar-refractivity contribution is -0.137. The Kier molecular flexibility index (Phi) is 5.07. The monoisotopic (exact) mass is 289 g/mol. The van der Waals surface area contributed by atoms with Crippen LogP contribution in [0, 0.1) is 5.41 Å². The molecule has 0 fully saturated rings. The molecule has 0 bridgehead atoms. The second-order valence-corrected chi connectivity index (χ2v) is 6.86. The number of H-pyrrole nitrogens is 1. The molecule has 1 aromatic rings. The summed E-state index contributed by atoms with van der Waals surface area (Å²) in [4.78, 5) is 16.7. The topological polar surface area (TPSA) is 112 Å². The second-order valence-electron chi connectivity index (χ2n) is 5.12. The molecule has 108 valence electrons. The van der Waals surface area contributed by atoms with Gasteiger partial charge in [-0.05, 0) is 18.3 Å². The van der Waals surface area contributed by atoms with E-state index in [9.17, 15) is 13.2 Å². The SMILES string of the molecule is CC(C)(CCNS(=O)(=O)c1cnc[nH]1)CCC(=O)O. The maximum atomic E-state index is 11.8. The standard InChI is InChI=1S/C11H19N3O4S/c1-11(2,4-3-10(15)16)5-6-14-19(17,18)9-7-12-8-13-9/h7-8,14H,3-6H2,1-2H3,(H,12,13)(H,15,16). The molecule has 0 aliphatic rings. The number of rotatable bonds is 8. The molecule has 1 aromatic heterocycles. The van der Waals surface area contributed by atoms with Crippen LogP contribution in [-0.2, 0) is 14.8 Å². The van der Waals surface area contributed by atoms with E-state index in [0.29, 0.717) is 12.8 Å². The highest BCUT2D eigenvalue weighted by molar-refractivity contribution is 7.89. The van der Waals surface area contributed by atoms with E-state index in [4.69, 9.17) is 5.11 Å². The summed E-state index contributed by atoms with van der Waals surface area (Å²) in [5.74, 6) is -0.842. The van der Waals surface area contributed by atoms with Crippen LogP contribution in [0.25, 0.3) is 0 Å². The van der Waals surface area contributed by atoms with E-state index in [0.717, 1.165) is 0 Å². The van der Waals surface area contributed by atoms with E-state index in [1.807, 2.05) is 13.8 Å². The molecule has 0 saturated heterocycles. The van der Waals surface area contributed by atoms with E-state index >= 15 is 0 Å².